The van der Waals surface area contributed by atoms with E-state index in [2.05, 4.69) is 5.32 Å². The summed E-state index contributed by atoms with van der Waals surface area (Å²) >= 11 is 6.25. The molecule has 32 heavy (non-hydrogen) atoms. The van der Waals surface area contributed by atoms with Gasteiger partial charge in [-0.3, -0.25) is 4.79 Å². The molecular weight excluding hydrogens is 452 g/mol. The molecule has 170 valence electrons. The van der Waals surface area contributed by atoms with E-state index in [1.54, 1.807) is 0 Å². The first-order valence-electron chi connectivity index (χ1n) is 10.5. The predicted molar refractivity (Wildman–Crippen MR) is 120 cm³/mol. The zero-order valence-corrected chi connectivity index (χ0v) is 19.3. The van der Waals surface area contributed by atoms with Crippen molar-refractivity contribution in [2.24, 2.45) is 0 Å². The van der Waals surface area contributed by atoms with Crippen molar-refractivity contribution in [2.75, 3.05) is 13.7 Å². The smallest absolute Gasteiger partial charge is 0.331 e. The Labute approximate surface area is 192 Å². The zero-order chi connectivity index (χ0) is 22.9. The molecule has 0 atom stereocenters. The number of carbonyl (C=O) groups is 2. The molecule has 0 bridgehead atoms. The zero-order valence-electron chi connectivity index (χ0n) is 17.8. The van der Waals surface area contributed by atoms with Crippen LogP contribution in [0.3, 0.4) is 0 Å². The van der Waals surface area contributed by atoms with Gasteiger partial charge in [0.2, 0.25) is 10.0 Å². The lowest BCUT2D eigenvalue weighted by Crippen LogP contribution is -2.53. The van der Waals surface area contributed by atoms with Crippen LogP contribution in [0.1, 0.15) is 47.2 Å². The summed E-state index contributed by atoms with van der Waals surface area (Å²) in [5, 5.41) is 2.88. The second kappa shape index (κ2) is 8.84. The molecule has 1 saturated carbocycles. The topological polar surface area (TPSA) is 92.8 Å². The lowest BCUT2D eigenvalue weighted by molar-refractivity contribution is -0.148. The van der Waals surface area contributed by atoms with Crippen LogP contribution in [0.2, 0.25) is 5.02 Å². The predicted octanol–water partition coefficient (Wildman–Crippen LogP) is 3.30. The second-order valence-electron chi connectivity index (χ2n) is 8.23. The van der Waals surface area contributed by atoms with Gasteiger partial charge in [-0.15, -0.1) is 0 Å². The molecule has 2 aromatic carbocycles. The van der Waals surface area contributed by atoms with E-state index in [4.69, 9.17) is 16.3 Å². The van der Waals surface area contributed by atoms with Crippen molar-refractivity contribution in [3.63, 3.8) is 0 Å². The van der Waals surface area contributed by atoms with Crippen molar-refractivity contribution in [3.05, 3.63) is 64.2 Å². The molecule has 0 unspecified atom stereocenters. The van der Waals surface area contributed by atoms with Crippen molar-refractivity contribution in [2.45, 2.75) is 49.1 Å². The van der Waals surface area contributed by atoms with Crippen molar-refractivity contribution in [1.82, 2.24) is 9.62 Å². The fourth-order valence-corrected chi connectivity index (χ4v) is 6.15. The van der Waals surface area contributed by atoms with Crippen molar-refractivity contribution in [3.8, 4) is 0 Å². The molecule has 1 N–H and O–H groups in total. The minimum atomic E-state index is -3.84. The number of carbonyl (C=O) groups excluding carboxylic acids is 2. The van der Waals surface area contributed by atoms with Crippen molar-refractivity contribution in [1.29, 1.82) is 0 Å². The van der Waals surface area contributed by atoms with Crippen LogP contribution in [-0.2, 0) is 32.5 Å². The molecule has 0 radical (unpaired) electrons. The quantitative estimate of drug-likeness (QED) is 0.668. The Balaban J connectivity index is 1.61. The first-order valence-corrected chi connectivity index (χ1v) is 12.4. The van der Waals surface area contributed by atoms with Crippen LogP contribution < -0.4 is 5.32 Å². The number of methoxy groups -OCH3 is 1. The van der Waals surface area contributed by atoms with Gasteiger partial charge < -0.3 is 10.1 Å². The number of halogens is 1. The van der Waals surface area contributed by atoms with Crippen LogP contribution in [0, 0.1) is 0 Å². The molecule has 0 saturated heterocycles. The Morgan fingerprint density at radius 2 is 1.78 bits per heavy atom. The van der Waals surface area contributed by atoms with E-state index in [0.29, 0.717) is 25.8 Å². The highest BCUT2D eigenvalue weighted by atomic mass is 35.5. The molecule has 0 aromatic heterocycles. The van der Waals surface area contributed by atoms with E-state index in [1.807, 2.05) is 24.3 Å². The molecule has 1 amide bonds. The van der Waals surface area contributed by atoms with Crippen LogP contribution in [-0.4, -0.2) is 43.8 Å². The van der Waals surface area contributed by atoms with Gasteiger partial charge in [0.25, 0.3) is 5.91 Å². The van der Waals surface area contributed by atoms with Gasteiger partial charge in [0.1, 0.15) is 5.54 Å². The summed E-state index contributed by atoms with van der Waals surface area (Å²) in [7, 11) is -2.55. The number of esters is 1. The summed E-state index contributed by atoms with van der Waals surface area (Å²) in [6, 6.07) is 11.9. The van der Waals surface area contributed by atoms with E-state index < -0.39 is 27.4 Å². The van der Waals surface area contributed by atoms with E-state index in [-0.39, 0.29) is 22.0 Å². The lowest BCUT2D eigenvalue weighted by atomic mass is 9.97. The Morgan fingerprint density at radius 1 is 1.09 bits per heavy atom. The monoisotopic (exact) mass is 476 g/mol. The molecular formula is C23H25ClN2O5S. The number of nitrogens with zero attached hydrogens (tertiary/aromatic N) is 1. The van der Waals surface area contributed by atoms with Gasteiger partial charge >= 0.3 is 5.97 Å². The first-order chi connectivity index (χ1) is 15.3. The first kappa shape index (κ1) is 22.8. The Bertz CT molecular complexity index is 1160. The van der Waals surface area contributed by atoms with Crippen molar-refractivity contribution < 1.29 is 22.7 Å². The third-order valence-electron chi connectivity index (χ3n) is 6.30. The van der Waals surface area contributed by atoms with E-state index in [9.17, 15) is 18.0 Å². The van der Waals surface area contributed by atoms with Gasteiger partial charge in [-0.25, -0.2) is 13.2 Å². The molecule has 9 heteroatoms. The Hall–Kier alpha value is -2.42. The normalized spacial score (nSPS) is 18.1. The third kappa shape index (κ3) is 4.14. The summed E-state index contributed by atoms with van der Waals surface area (Å²) < 4.78 is 33.0. The summed E-state index contributed by atoms with van der Waals surface area (Å²) in [6.45, 7) is 0.628. The number of amides is 1. The van der Waals surface area contributed by atoms with Crippen molar-refractivity contribution >= 4 is 33.5 Å². The number of fused-ring (bicyclic) bond motifs is 1. The largest absolute Gasteiger partial charge is 0.467 e. The number of sulfonamides is 1. The average molecular weight is 477 g/mol. The molecule has 2 aliphatic rings. The average Bonchev–Trinajstić information content (AvgIpc) is 3.27. The number of nitrogens with one attached hydrogen (secondary N) is 1. The van der Waals surface area contributed by atoms with Gasteiger partial charge in [-0.2, -0.15) is 4.31 Å². The Kier molecular flexibility index (Phi) is 6.29. The van der Waals surface area contributed by atoms with Gasteiger partial charge in [0, 0.05) is 13.1 Å². The lowest BCUT2D eigenvalue weighted by Gasteiger charge is -2.29. The molecule has 4 rings (SSSR count). The van der Waals surface area contributed by atoms with Gasteiger partial charge in [-0.1, -0.05) is 48.7 Å². The minimum absolute atomic E-state index is 0.00929. The van der Waals surface area contributed by atoms with E-state index >= 15 is 0 Å². The number of ether oxygens (including phenoxy) is 1. The van der Waals surface area contributed by atoms with Gasteiger partial charge in [-0.05, 0) is 48.6 Å². The molecule has 1 aliphatic carbocycles. The number of hydrogen-bond acceptors (Lipinski definition) is 5. The summed E-state index contributed by atoms with van der Waals surface area (Å²) in [5.41, 5.74) is 1.01. The van der Waals surface area contributed by atoms with Crippen LogP contribution in [0.5, 0.6) is 0 Å². The molecule has 1 fully saturated rings. The van der Waals surface area contributed by atoms with E-state index in [1.165, 1.54) is 29.6 Å². The molecule has 2 aromatic rings. The number of hydrogen-bond donors (Lipinski definition) is 1. The fraction of sp³-hybridized carbons (Fsp3) is 0.391. The van der Waals surface area contributed by atoms with Crippen LogP contribution in [0.4, 0.5) is 0 Å². The van der Waals surface area contributed by atoms with Crippen LogP contribution in [0.15, 0.2) is 47.4 Å². The SMILES string of the molecule is COC(=O)C1(NC(=O)c2cc(S(=O)(=O)N3CCc4ccccc4C3)ccc2Cl)CCCC1. The molecule has 0 spiro atoms. The maximum atomic E-state index is 13.3. The van der Waals surface area contributed by atoms with Gasteiger partial charge in [0.15, 0.2) is 0 Å². The maximum Gasteiger partial charge on any atom is 0.331 e. The minimum Gasteiger partial charge on any atom is -0.467 e. The standard InChI is InChI=1S/C23H25ClN2O5S/c1-31-22(28)23(11-4-5-12-23)25-21(27)19-14-18(8-9-20(19)24)32(29,30)26-13-10-16-6-2-3-7-17(16)15-26/h2-3,6-9,14H,4-5,10-13,15H2,1H3,(H,25,27). The number of benzene rings is 2. The maximum absolute atomic E-state index is 13.3. The Morgan fingerprint density at radius 3 is 2.47 bits per heavy atom. The number of rotatable bonds is 5. The molecule has 1 aliphatic heterocycles. The van der Waals surface area contributed by atoms with Gasteiger partial charge in [0.05, 0.1) is 22.6 Å². The van der Waals surface area contributed by atoms with Crippen LogP contribution in [0.25, 0.3) is 0 Å². The molecule has 7 nitrogen and oxygen atoms in total. The summed E-state index contributed by atoms with van der Waals surface area (Å²) in [6.07, 6.45) is 3.13. The highest BCUT2D eigenvalue weighted by Crippen LogP contribution is 2.32. The summed E-state index contributed by atoms with van der Waals surface area (Å²) in [4.78, 5) is 25.4. The third-order valence-corrected chi connectivity index (χ3v) is 8.47. The molecule has 1 heterocycles. The van der Waals surface area contributed by atoms with Crippen LogP contribution >= 0.6 is 11.6 Å². The highest BCUT2D eigenvalue weighted by molar-refractivity contribution is 7.89. The summed E-state index contributed by atoms with van der Waals surface area (Å²) in [5.74, 6) is -1.10. The second-order valence-corrected chi connectivity index (χ2v) is 10.6. The fourth-order valence-electron chi connectivity index (χ4n) is 4.50. The van der Waals surface area contributed by atoms with E-state index in [0.717, 1.165) is 24.0 Å². The highest BCUT2D eigenvalue weighted by Gasteiger charge is 2.44.